The van der Waals surface area contributed by atoms with Gasteiger partial charge in [0.05, 0.1) is 11.9 Å². The number of aromatic nitrogens is 2. The third-order valence-electron chi connectivity index (χ3n) is 4.52. The number of amides is 1. The van der Waals surface area contributed by atoms with Crippen LogP contribution in [0.4, 0.5) is 11.4 Å². The fraction of sp³-hybridized carbons (Fsp3) is 0.389. The Kier molecular flexibility index (Phi) is 4.64. The molecule has 0 spiro atoms. The number of carbonyl (C=O) groups excluding carboxylic acids is 1. The number of aromatic amines is 1. The van der Waals surface area contributed by atoms with Gasteiger partial charge >= 0.3 is 0 Å². The lowest BCUT2D eigenvalue weighted by atomic mass is 9.95. The first kappa shape index (κ1) is 16.2. The summed E-state index contributed by atoms with van der Waals surface area (Å²) in [6.07, 6.45) is 3.19. The van der Waals surface area contributed by atoms with Crippen molar-refractivity contribution in [3.8, 4) is 0 Å². The van der Waals surface area contributed by atoms with Crippen LogP contribution in [0.5, 0.6) is 0 Å². The first-order chi connectivity index (χ1) is 11.5. The molecule has 0 atom stereocenters. The summed E-state index contributed by atoms with van der Waals surface area (Å²) in [5.41, 5.74) is 3.75. The minimum Gasteiger partial charge on any atom is -0.370 e. The average molecular weight is 326 g/mol. The molecule has 0 saturated carbocycles. The number of rotatable bonds is 3. The van der Waals surface area contributed by atoms with Crippen LogP contribution in [0.25, 0.3) is 0 Å². The Morgan fingerprint density at radius 3 is 2.67 bits per heavy atom. The van der Waals surface area contributed by atoms with E-state index in [9.17, 15) is 9.59 Å². The van der Waals surface area contributed by atoms with Crippen LogP contribution in [-0.4, -0.2) is 29.2 Å². The van der Waals surface area contributed by atoms with Gasteiger partial charge in [0.15, 0.2) is 0 Å². The van der Waals surface area contributed by atoms with Crippen molar-refractivity contribution in [3.63, 3.8) is 0 Å². The van der Waals surface area contributed by atoms with Crippen LogP contribution in [0.15, 0.2) is 35.3 Å². The molecule has 2 N–H and O–H groups in total. The van der Waals surface area contributed by atoms with E-state index in [1.807, 2.05) is 26.0 Å². The van der Waals surface area contributed by atoms with Crippen LogP contribution >= 0.6 is 0 Å². The number of nitrogens with zero attached hydrogens (tertiary/aromatic N) is 2. The second-order valence-corrected chi connectivity index (χ2v) is 6.37. The molecule has 2 aromatic rings. The molecule has 0 bridgehead atoms. The Morgan fingerprint density at radius 2 is 2.00 bits per heavy atom. The first-order valence-electron chi connectivity index (χ1n) is 8.21. The Balaban J connectivity index is 1.60. The minimum atomic E-state index is -0.206. The predicted octanol–water partition coefficient (Wildman–Crippen LogP) is 2.24. The minimum absolute atomic E-state index is 0.00286. The predicted molar refractivity (Wildman–Crippen MR) is 94.3 cm³/mol. The number of carbonyl (C=O) groups is 1. The number of anilines is 2. The summed E-state index contributed by atoms with van der Waals surface area (Å²) in [6.45, 7) is 5.54. The molecule has 3 rings (SSSR count). The summed E-state index contributed by atoms with van der Waals surface area (Å²) < 4.78 is 0. The fourth-order valence-electron chi connectivity index (χ4n) is 3.13. The molecule has 0 aliphatic carbocycles. The maximum Gasteiger partial charge on any atom is 0.266 e. The molecule has 1 aromatic heterocycles. The molecular weight excluding hydrogens is 304 g/mol. The number of aryl methyl sites for hydroxylation is 2. The highest BCUT2D eigenvalue weighted by atomic mass is 16.2. The Morgan fingerprint density at radius 1 is 1.25 bits per heavy atom. The molecule has 1 aliphatic heterocycles. The van der Waals surface area contributed by atoms with E-state index in [4.69, 9.17) is 0 Å². The summed E-state index contributed by atoms with van der Waals surface area (Å²) in [6, 6.07) is 7.58. The van der Waals surface area contributed by atoms with Gasteiger partial charge in [0.25, 0.3) is 5.56 Å². The first-order valence-corrected chi connectivity index (χ1v) is 8.21. The van der Waals surface area contributed by atoms with Gasteiger partial charge in [-0.1, -0.05) is 17.7 Å². The molecule has 126 valence electrons. The highest BCUT2D eigenvalue weighted by Crippen LogP contribution is 2.24. The lowest BCUT2D eigenvalue weighted by molar-refractivity contribution is -0.120. The highest BCUT2D eigenvalue weighted by molar-refractivity contribution is 5.93. The van der Waals surface area contributed by atoms with Crippen molar-refractivity contribution in [2.24, 2.45) is 5.92 Å². The third kappa shape index (κ3) is 3.64. The quantitative estimate of drug-likeness (QED) is 0.907. The van der Waals surface area contributed by atoms with Crippen molar-refractivity contribution in [3.05, 3.63) is 51.9 Å². The van der Waals surface area contributed by atoms with Crippen molar-refractivity contribution in [1.29, 1.82) is 0 Å². The Bertz CT molecular complexity index is 792. The summed E-state index contributed by atoms with van der Waals surface area (Å²) in [5.74, 6) is 0.0718. The molecule has 0 unspecified atom stereocenters. The third-order valence-corrected chi connectivity index (χ3v) is 4.52. The maximum atomic E-state index is 12.5. The molecule has 1 saturated heterocycles. The van der Waals surface area contributed by atoms with Crippen molar-refractivity contribution < 1.29 is 4.79 Å². The van der Waals surface area contributed by atoms with Crippen molar-refractivity contribution >= 4 is 17.3 Å². The molecule has 24 heavy (non-hydrogen) atoms. The zero-order chi connectivity index (χ0) is 17.1. The van der Waals surface area contributed by atoms with Crippen molar-refractivity contribution in [2.45, 2.75) is 26.7 Å². The highest BCUT2D eigenvalue weighted by Gasteiger charge is 2.25. The molecule has 1 amide bonds. The average Bonchev–Trinajstić information content (AvgIpc) is 2.57. The van der Waals surface area contributed by atoms with Gasteiger partial charge < -0.3 is 10.2 Å². The number of H-pyrrole nitrogens is 1. The normalized spacial score (nSPS) is 15.3. The number of hydrogen-bond donors (Lipinski definition) is 2. The van der Waals surface area contributed by atoms with Gasteiger partial charge in [-0.3, -0.25) is 9.59 Å². The van der Waals surface area contributed by atoms with Gasteiger partial charge in [-0.2, -0.15) is 5.10 Å². The smallest absolute Gasteiger partial charge is 0.266 e. The lowest BCUT2D eigenvalue weighted by Crippen LogP contribution is -2.38. The second-order valence-electron chi connectivity index (χ2n) is 6.37. The van der Waals surface area contributed by atoms with Crippen LogP contribution in [0.1, 0.15) is 24.0 Å². The molecule has 1 aromatic carbocycles. The lowest BCUT2D eigenvalue weighted by Gasteiger charge is -2.32. The number of piperidine rings is 1. The van der Waals surface area contributed by atoms with E-state index in [2.05, 4.69) is 26.5 Å². The van der Waals surface area contributed by atoms with Crippen LogP contribution in [0.3, 0.4) is 0 Å². The largest absolute Gasteiger partial charge is 0.370 e. The maximum absolute atomic E-state index is 12.5. The molecular formula is C18H22N4O2. The summed E-state index contributed by atoms with van der Waals surface area (Å²) in [4.78, 5) is 26.0. The van der Waals surface area contributed by atoms with E-state index >= 15 is 0 Å². The van der Waals surface area contributed by atoms with E-state index in [0.29, 0.717) is 0 Å². The van der Waals surface area contributed by atoms with E-state index < -0.39 is 0 Å². The van der Waals surface area contributed by atoms with Gasteiger partial charge in [0, 0.05) is 30.8 Å². The fourth-order valence-corrected chi connectivity index (χ4v) is 3.13. The SMILES string of the molecule is Cc1ccc(NC(=O)C2CCN(c3cn[nH]c(=O)c3)CC2)c(C)c1. The Labute approximate surface area is 140 Å². The number of benzene rings is 1. The van der Waals surface area contributed by atoms with Gasteiger partial charge in [0.2, 0.25) is 5.91 Å². The van der Waals surface area contributed by atoms with Crippen LogP contribution in [-0.2, 0) is 4.79 Å². The molecule has 1 fully saturated rings. The van der Waals surface area contributed by atoms with Crippen LogP contribution in [0, 0.1) is 19.8 Å². The monoisotopic (exact) mass is 326 g/mol. The second kappa shape index (κ2) is 6.86. The number of hydrogen-bond acceptors (Lipinski definition) is 4. The standard InChI is InChI=1S/C18H22N4O2/c1-12-3-4-16(13(2)9-12)20-18(24)14-5-7-22(8-6-14)15-10-17(23)21-19-11-15/h3-4,9-11,14H,5-8H2,1-2H3,(H,20,24)(H,21,23). The van der Waals surface area contributed by atoms with Crippen molar-refractivity contribution in [1.82, 2.24) is 10.2 Å². The van der Waals surface area contributed by atoms with E-state index in [1.165, 1.54) is 5.56 Å². The van der Waals surface area contributed by atoms with Gasteiger partial charge in [-0.05, 0) is 38.3 Å². The Hall–Kier alpha value is -2.63. The van der Waals surface area contributed by atoms with Gasteiger partial charge in [-0.15, -0.1) is 0 Å². The molecule has 1 aliphatic rings. The molecule has 0 radical (unpaired) electrons. The summed E-state index contributed by atoms with van der Waals surface area (Å²) in [5, 5.41) is 9.25. The molecule has 6 nitrogen and oxygen atoms in total. The zero-order valence-corrected chi connectivity index (χ0v) is 14.0. The number of nitrogens with one attached hydrogen (secondary N) is 2. The zero-order valence-electron chi connectivity index (χ0n) is 14.0. The summed E-state index contributed by atoms with van der Waals surface area (Å²) in [7, 11) is 0. The van der Waals surface area contributed by atoms with Gasteiger partial charge in [-0.25, -0.2) is 5.10 Å². The van der Waals surface area contributed by atoms with E-state index in [-0.39, 0.29) is 17.4 Å². The van der Waals surface area contributed by atoms with Crippen LogP contribution in [0.2, 0.25) is 0 Å². The van der Waals surface area contributed by atoms with E-state index in [0.717, 1.165) is 42.9 Å². The molecule has 6 heteroatoms. The van der Waals surface area contributed by atoms with Crippen LogP contribution < -0.4 is 15.8 Å². The topological polar surface area (TPSA) is 78.1 Å². The van der Waals surface area contributed by atoms with E-state index in [1.54, 1.807) is 12.3 Å². The summed E-state index contributed by atoms with van der Waals surface area (Å²) >= 11 is 0. The van der Waals surface area contributed by atoms with Crippen molar-refractivity contribution in [2.75, 3.05) is 23.3 Å². The molecule has 2 heterocycles. The van der Waals surface area contributed by atoms with Gasteiger partial charge in [0.1, 0.15) is 0 Å².